The Morgan fingerprint density at radius 1 is 1.07 bits per heavy atom. The molecule has 1 heterocycles. The second-order valence-electron chi connectivity index (χ2n) is 6.70. The Morgan fingerprint density at radius 2 is 1.67 bits per heavy atom. The van der Waals surface area contributed by atoms with Crippen molar-refractivity contribution in [3.63, 3.8) is 0 Å². The van der Waals surface area contributed by atoms with Crippen LogP contribution in [-0.4, -0.2) is 59.0 Å². The number of likely N-dealkylation sites (tertiary alicyclic amines) is 1. The first-order valence-electron chi connectivity index (χ1n) is 9.15. The summed E-state index contributed by atoms with van der Waals surface area (Å²) in [7, 11) is 0.892. The number of hydrogen-bond donors (Lipinski definition) is 1. The number of sulfone groups is 1. The lowest BCUT2D eigenvalue weighted by molar-refractivity contribution is 0.222. The van der Waals surface area contributed by atoms with E-state index in [-0.39, 0.29) is 11.4 Å². The average Bonchev–Trinajstić information content (AvgIpc) is 3.24. The van der Waals surface area contributed by atoms with Crippen LogP contribution < -0.4 is 19.5 Å². The summed E-state index contributed by atoms with van der Waals surface area (Å²) >= 11 is 5.84. The standard InChI is InChI=1S/C20H23ClN2O6S/c1-27-17-10-14(11-18(28-2)19(17)29-3)22-20(24)23-9-8-16(12-23)30(25,26)15-6-4-13(21)5-7-15/h4-7,10-11,16H,8-9,12H2,1-3H3,(H,22,24). The fraction of sp³-hybridized carbons (Fsp3) is 0.350. The minimum Gasteiger partial charge on any atom is -0.493 e. The fourth-order valence-electron chi connectivity index (χ4n) is 3.34. The van der Waals surface area contributed by atoms with Crippen LogP contribution in [0.4, 0.5) is 10.5 Å². The van der Waals surface area contributed by atoms with Crippen LogP contribution in [0.25, 0.3) is 0 Å². The van der Waals surface area contributed by atoms with Crippen molar-refractivity contribution in [2.24, 2.45) is 0 Å². The number of carbonyl (C=O) groups excluding carboxylic acids is 1. The zero-order chi connectivity index (χ0) is 21.9. The third kappa shape index (κ3) is 4.41. The van der Waals surface area contributed by atoms with Gasteiger partial charge >= 0.3 is 6.03 Å². The third-order valence-electron chi connectivity index (χ3n) is 4.93. The highest BCUT2D eigenvalue weighted by Crippen LogP contribution is 2.40. The van der Waals surface area contributed by atoms with Gasteiger partial charge in [-0.2, -0.15) is 0 Å². The molecule has 3 rings (SSSR count). The minimum atomic E-state index is -3.56. The Balaban J connectivity index is 1.73. The molecule has 1 saturated heterocycles. The van der Waals surface area contributed by atoms with Crippen molar-refractivity contribution in [3.8, 4) is 17.2 Å². The number of carbonyl (C=O) groups is 1. The van der Waals surface area contributed by atoms with Crippen molar-refractivity contribution in [2.45, 2.75) is 16.6 Å². The molecule has 1 atom stereocenters. The van der Waals surface area contributed by atoms with Crippen LogP contribution in [0.5, 0.6) is 17.2 Å². The number of rotatable bonds is 6. The minimum absolute atomic E-state index is 0.0984. The van der Waals surface area contributed by atoms with Gasteiger partial charge < -0.3 is 24.4 Å². The van der Waals surface area contributed by atoms with E-state index in [0.29, 0.717) is 40.9 Å². The Bertz CT molecular complexity index is 1000. The van der Waals surface area contributed by atoms with Crippen LogP contribution in [-0.2, 0) is 9.84 Å². The van der Waals surface area contributed by atoms with Gasteiger partial charge in [0.1, 0.15) is 0 Å². The average molecular weight is 455 g/mol. The van der Waals surface area contributed by atoms with Crippen LogP contribution in [0.2, 0.25) is 5.02 Å². The lowest BCUT2D eigenvalue weighted by Crippen LogP contribution is -2.35. The molecule has 8 nitrogen and oxygen atoms in total. The normalized spacial score (nSPS) is 16.3. The number of urea groups is 1. The van der Waals surface area contributed by atoms with Gasteiger partial charge in [-0.25, -0.2) is 13.2 Å². The van der Waals surface area contributed by atoms with Crippen molar-refractivity contribution in [1.29, 1.82) is 0 Å². The summed E-state index contributed by atoms with van der Waals surface area (Å²) in [6.45, 7) is 0.426. The molecule has 0 aliphatic carbocycles. The molecule has 10 heteroatoms. The summed E-state index contributed by atoms with van der Waals surface area (Å²) in [5, 5.41) is 2.55. The molecule has 2 aromatic carbocycles. The maximum atomic E-state index is 12.9. The summed E-state index contributed by atoms with van der Waals surface area (Å²) in [4.78, 5) is 14.4. The largest absolute Gasteiger partial charge is 0.493 e. The first kappa shape index (κ1) is 22.0. The molecular formula is C20H23ClN2O6S. The molecule has 1 N–H and O–H groups in total. The molecule has 1 aliphatic rings. The number of anilines is 1. The monoisotopic (exact) mass is 454 g/mol. The molecule has 30 heavy (non-hydrogen) atoms. The highest BCUT2D eigenvalue weighted by molar-refractivity contribution is 7.92. The van der Waals surface area contributed by atoms with E-state index in [1.807, 2.05) is 0 Å². The van der Waals surface area contributed by atoms with E-state index in [2.05, 4.69) is 5.32 Å². The predicted molar refractivity (Wildman–Crippen MR) is 114 cm³/mol. The number of halogens is 1. The Hall–Kier alpha value is -2.65. The summed E-state index contributed by atoms with van der Waals surface area (Å²) in [5.41, 5.74) is 0.443. The molecule has 0 aromatic heterocycles. The van der Waals surface area contributed by atoms with E-state index >= 15 is 0 Å². The van der Waals surface area contributed by atoms with Crippen LogP contribution in [0.3, 0.4) is 0 Å². The topological polar surface area (TPSA) is 94.2 Å². The lowest BCUT2D eigenvalue weighted by atomic mass is 10.2. The number of hydrogen-bond acceptors (Lipinski definition) is 6. The van der Waals surface area contributed by atoms with Crippen molar-refractivity contribution >= 4 is 33.2 Å². The second kappa shape index (κ2) is 9.01. The fourth-order valence-corrected chi connectivity index (χ4v) is 5.16. The maximum absolute atomic E-state index is 12.9. The molecule has 1 fully saturated rings. The zero-order valence-electron chi connectivity index (χ0n) is 16.8. The van der Waals surface area contributed by atoms with Crippen molar-refractivity contribution in [2.75, 3.05) is 39.7 Å². The molecule has 0 radical (unpaired) electrons. The van der Waals surface area contributed by atoms with Gasteiger partial charge in [0.05, 0.1) is 37.2 Å². The molecule has 162 valence electrons. The Labute approximate surface area is 180 Å². The van der Waals surface area contributed by atoms with E-state index in [0.717, 1.165) is 0 Å². The number of amides is 2. The zero-order valence-corrected chi connectivity index (χ0v) is 18.4. The van der Waals surface area contributed by atoms with Gasteiger partial charge in [0, 0.05) is 30.2 Å². The first-order chi connectivity index (χ1) is 14.3. The quantitative estimate of drug-likeness (QED) is 0.718. The van der Waals surface area contributed by atoms with E-state index < -0.39 is 21.1 Å². The van der Waals surface area contributed by atoms with Crippen LogP contribution in [0.15, 0.2) is 41.3 Å². The van der Waals surface area contributed by atoms with Crippen LogP contribution >= 0.6 is 11.6 Å². The molecule has 1 unspecified atom stereocenters. The molecule has 2 amide bonds. The highest BCUT2D eigenvalue weighted by Gasteiger charge is 2.36. The van der Waals surface area contributed by atoms with Gasteiger partial charge in [-0.05, 0) is 30.7 Å². The number of ether oxygens (including phenoxy) is 3. The van der Waals surface area contributed by atoms with Gasteiger partial charge in [0.25, 0.3) is 0 Å². The summed E-state index contributed by atoms with van der Waals surface area (Å²) in [6.07, 6.45) is 0.355. The third-order valence-corrected chi connectivity index (χ3v) is 7.37. The molecule has 0 bridgehead atoms. The van der Waals surface area contributed by atoms with Gasteiger partial charge in [-0.15, -0.1) is 0 Å². The van der Waals surface area contributed by atoms with E-state index in [4.69, 9.17) is 25.8 Å². The molecule has 0 spiro atoms. The first-order valence-corrected chi connectivity index (χ1v) is 11.1. The Kier molecular flexibility index (Phi) is 6.62. The Morgan fingerprint density at radius 3 is 2.20 bits per heavy atom. The predicted octanol–water partition coefficient (Wildman–Crippen LogP) is 3.45. The molecule has 2 aromatic rings. The molecule has 1 aliphatic heterocycles. The van der Waals surface area contributed by atoms with Crippen LogP contribution in [0, 0.1) is 0 Å². The smallest absolute Gasteiger partial charge is 0.321 e. The van der Waals surface area contributed by atoms with Crippen molar-refractivity contribution in [1.82, 2.24) is 4.90 Å². The van der Waals surface area contributed by atoms with Gasteiger partial charge in [0.15, 0.2) is 21.3 Å². The maximum Gasteiger partial charge on any atom is 0.321 e. The van der Waals surface area contributed by atoms with Gasteiger partial charge in [0.2, 0.25) is 5.75 Å². The summed E-state index contributed by atoms with van der Waals surface area (Å²) in [6, 6.07) is 8.86. The SMILES string of the molecule is COc1cc(NC(=O)N2CCC(S(=O)(=O)c3ccc(Cl)cc3)C2)cc(OC)c1OC. The highest BCUT2D eigenvalue weighted by atomic mass is 35.5. The van der Waals surface area contributed by atoms with Crippen LogP contribution in [0.1, 0.15) is 6.42 Å². The number of benzene rings is 2. The number of nitrogens with zero attached hydrogens (tertiary/aromatic N) is 1. The molecular weight excluding hydrogens is 432 g/mol. The summed E-state index contributed by atoms with van der Waals surface area (Å²) < 4.78 is 41.6. The second-order valence-corrected chi connectivity index (χ2v) is 9.36. The van der Waals surface area contributed by atoms with Gasteiger partial charge in [-0.3, -0.25) is 0 Å². The van der Waals surface area contributed by atoms with E-state index in [1.54, 1.807) is 12.1 Å². The number of nitrogens with one attached hydrogen (secondary N) is 1. The van der Waals surface area contributed by atoms with Crippen molar-refractivity contribution in [3.05, 3.63) is 41.4 Å². The summed E-state index contributed by atoms with van der Waals surface area (Å²) in [5.74, 6) is 1.21. The number of methoxy groups -OCH3 is 3. The lowest BCUT2D eigenvalue weighted by Gasteiger charge is -2.19. The van der Waals surface area contributed by atoms with E-state index in [1.165, 1.54) is 50.5 Å². The molecule has 0 saturated carbocycles. The van der Waals surface area contributed by atoms with E-state index in [9.17, 15) is 13.2 Å². The van der Waals surface area contributed by atoms with Crippen molar-refractivity contribution < 1.29 is 27.4 Å². The van der Waals surface area contributed by atoms with Gasteiger partial charge in [-0.1, -0.05) is 11.6 Å².